The second-order valence-electron chi connectivity index (χ2n) is 0.671. The predicted molar refractivity (Wildman–Crippen MR) is 45.6 cm³/mol. The van der Waals surface area contributed by atoms with E-state index in [2.05, 4.69) is 27.4 Å². The molecular weight excluding hydrogens is 158 g/mol. The Balaban J connectivity index is -0.0000000699. The Hall–Kier alpha value is -0.280. The summed E-state index contributed by atoms with van der Waals surface area (Å²) in [5.74, 6) is 0. The molecule has 0 aromatic carbocycles. The van der Waals surface area contributed by atoms with Gasteiger partial charge >= 0.3 is 0 Å². The van der Waals surface area contributed by atoms with Crippen molar-refractivity contribution in [2.45, 2.75) is 0 Å². The Morgan fingerprint density at radius 1 is 0.818 bits per heavy atom. The van der Waals surface area contributed by atoms with Crippen LogP contribution in [0.3, 0.4) is 0 Å². The third-order valence-electron chi connectivity index (χ3n) is 0. The maximum Gasteiger partial charge on any atom is 0.206 e. The minimum atomic E-state index is -3.73. The van der Waals surface area contributed by atoms with Gasteiger partial charge in [0.1, 0.15) is 0 Å². The van der Waals surface area contributed by atoms with Crippen molar-refractivity contribution >= 4 is 0 Å². The first-order chi connectivity index (χ1) is 15.1. The third kappa shape index (κ3) is 7390. The summed E-state index contributed by atoms with van der Waals surface area (Å²) in [6.45, 7) is -14.9. The minimum Gasteiger partial charge on any atom is -0.412 e. The summed E-state index contributed by atoms with van der Waals surface area (Å²) in [6.07, 6.45) is 0. The highest BCUT2D eigenvalue weighted by molar-refractivity contribution is 3.87. The third-order valence-corrected chi connectivity index (χ3v) is 0. The molecule has 0 aliphatic heterocycles. The molecule has 12 N–H and O–H groups in total. The zero-order valence-corrected chi connectivity index (χ0v) is 4.94. The van der Waals surface area contributed by atoms with E-state index in [0.717, 1.165) is 0 Å². The fraction of sp³-hybridized carbons (Fsp3) is 1.00. The molecule has 0 aliphatic carbocycles. The van der Waals surface area contributed by atoms with Crippen molar-refractivity contribution in [2.24, 2.45) is 0 Å². The van der Waals surface area contributed by atoms with Crippen LogP contribution in [0.5, 0.6) is 0 Å². The van der Waals surface area contributed by atoms with Crippen LogP contribution in [-0.4, -0.2) is 79.6 Å². The first-order valence-electron chi connectivity index (χ1n) is 11.4. The molecule has 0 fully saturated rings. The van der Waals surface area contributed by atoms with Gasteiger partial charge in [0, 0.05) is 0 Å². The van der Waals surface area contributed by atoms with E-state index in [4.69, 9.17) is 37.7 Å². The van der Waals surface area contributed by atoms with Gasteiger partial charge in [0.25, 0.3) is 0 Å². The topological polar surface area (TPSA) is 189 Å². The van der Waals surface area contributed by atoms with E-state index in [1.165, 1.54) is 0 Å². The highest BCUT2D eigenvalue weighted by Gasteiger charge is 1.88. The second kappa shape index (κ2) is 22.6. The Labute approximate surface area is 100.0 Å². The fourth-order valence-corrected chi connectivity index (χ4v) is 0. The van der Waals surface area contributed by atoms with Crippen molar-refractivity contribution in [3.63, 3.8) is 0 Å². The van der Waals surface area contributed by atoms with E-state index in [-0.39, 0.29) is 0 Å². The molecule has 0 heterocycles. The van der Waals surface area contributed by atoms with Crippen LogP contribution in [0.4, 0.5) is 0 Å². The van der Waals surface area contributed by atoms with E-state index < -0.39 is 32.4 Å². The lowest BCUT2D eigenvalue weighted by Gasteiger charge is -2.14. The molecule has 0 amide bonds. The molecule has 0 radical (unpaired) electrons. The van der Waals surface area contributed by atoms with E-state index in [1.54, 1.807) is 0 Å². The molecule has 11 heavy (non-hydrogen) atoms. The van der Waals surface area contributed by atoms with Gasteiger partial charge in [-0.1, -0.05) is 0 Å². The van der Waals surface area contributed by atoms with Crippen LogP contribution < -0.4 is 0 Å². The van der Waals surface area contributed by atoms with Crippen LogP contribution >= 0.6 is 0 Å². The van der Waals surface area contributed by atoms with Gasteiger partial charge in [0.05, 0.1) is 44.4 Å². The molecule has 0 unspecified atom stereocenters. The summed E-state index contributed by atoms with van der Waals surface area (Å²) >= 11 is 0. The number of hydrogen-bond donors (Lipinski definition) is 0. The summed E-state index contributed by atoms with van der Waals surface area (Å²) in [6, 6.07) is 0. The van der Waals surface area contributed by atoms with Crippen molar-refractivity contribution in [3.05, 3.63) is 0 Å². The second-order valence-corrected chi connectivity index (χ2v) is 0.671. The molecular formula is C4H24NO6+. The smallest absolute Gasteiger partial charge is 0.206 e. The molecule has 0 aromatic heterocycles. The first-order valence-corrected chi connectivity index (χ1v) is 0.894. The first kappa shape index (κ1) is 1.42. The van der Waals surface area contributed by atoms with E-state index >= 15 is 0 Å². The Morgan fingerprint density at radius 2 is 1.00 bits per heavy atom. The fourth-order valence-electron chi connectivity index (χ4n) is 0. The number of rotatable bonds is 0. The van der Waals surface area contributed by atoms with Gasteiger partial charge in [-0.05, 0) is 0 Å². The summed E-state index contributed by atoms with van der Waals surface area (Å²) in [7, 11) is 0. The lowest BCUT2D eigenvalue weighted by Crippen LogP contribution is -2.27. The van der Waals surface area contributed by atoms with Gasteiger partial charge in [0.2, 0.25) is 15.7 Å². The zero-order chi connectivity index (χ0) is 30.0. The molecule has 0 spiro atoms. The average Bonchev–Trinajstić information content (AvgIpc) is 2.55. The van der Waals surface area contributed by atoms with E-state index in [1.807, 2.05) is 0 Å². The molecule has 7 heteroatoms. The van der Waals surface area contributed by atoms with Gasteiger partial charge in [0.15, 0.2) is 0 Å². The SMILES string of the molecule is [2H]C([2H])([2H])[N+](C([2H])([2H])[2H])(C([2H])([2H])[2H])C([2H])([2H])[2H].[2H]O.[2H]O[2H].[2H]O[2H].[2H]O[2H].[2H]O[2H].[2H]O[2H]. The monoisotopic (exact) mass is 205 g/mol. The van der Waals surface area contributed by atoms with Crippen LogP contribution in [0.15, 0.2) is 0 Å². The van der Waals surface area contributed by atoms with Gasteiger partial charge in [-0.3, -0.25) is 0 Å². The largest absolute Gasteiger partial charge is 0.412 e. The Morgan fingerprint density at radius 3 is 1.00 bits per heavy atom. The normalized spacial score (nSPS) is 35.9. The van der Waals surface area contributed by atoms with Crippen LogP contribution in [0.2, 0.25) is 0 Å². The number of nitrogens with zero attached hydrogens (tertiary/aromatic N) is 1. The van der Waals surface area contributed by atoms with Gasteiger partial charge < -0.3 is 37.4 Å². The molecule has 0 saturated heterocycles. The summed E-state index contributed by atoms with van der Waals surface area (Å²) in [5, 5.41) is 0. The average molecular weight is 205 g/mol. The predicted octanol–water partition coefficient (Wildman–Crippen LogP) is -4.63. The molecule has 80 valence electrons. The van der Waals surface area contributed by atoms with Crippen molar-refractivity contribution in [1.82, 2.24) is 0 Å². The minimum absolute atomic E-state index is 2.75. The highest BCUT2D eigenvalue weighted by atomic mass is 16.0. The van der Waals surface area contributed by atoms with E-state index in [9.17, 15) is 0 Å². The van der Waals surface area contributed by atoms with Crippen molar-refractivity contribution in [1.29, 1.82) is 14.3 Å². The Bertz CT molecular complexity index is 291. The summed E-state index contributed by atoms with van der Waals surface area (Å²) < 4.78 is 140. The van der Waals surface area contributed by atoms with Crippen LogP contribution in [-0.2, 0) is 0 Å². The summed E-state index contributed by atoms with van der Waals surface area (Å²) in [4.78, 5) is 0. The number of hydrogen-bond acceptors (Lipinski definition) is 0. The highest BCUT2D eigenvalue weighted by Crippen LogP contribution is 1.73. The lowest BCUT2D eigenvalue weighted by atomic mass is 10.8. The molecule has 0 aromatic rings. The lowest BCUT2D eigenvalue weighted by molar-refractivity contribution is -0.849. The van der Waals surface area contributed by atoms with Gasteiger partial charge in [-0.15, -0.1) is 0 Å². The number of quaternary nitrogens is 1. The molecule has 0 aliphatic rings. The zero-order valence-electron chi connectivity index (χ0n) is 27.9. The van der Waals surface area contributed by atoms with Gasteiger partial charge in [-0.25, -0.2) is 0 Å². The molecule has 0 rings (SSSR count). The standard InChI is InChI=1S/C4H12N.6H2O/c1-5(2,3)4;;;;;;/h1-4H3;6*1H2/q+1;;;;;;/i1D3,2D3,3D3,4D3;;;;;;/hD11. The van der Waals surface area contributed by atoms with Crippen LogP contribution in [0, 0.1) is 0 Å². The van der Waals surface area contributed by atoms with Crippen LogP contribution in [0.25, 0.3) is 0 Å². The molecule has 0 saturated carbocycles. The van der Waals surface area contributed by atoms with Crippen molar-refractivity contribution in [2.75, 3.05) is 27.9 Å². The molecule has 0 atom stereocenters. The van der Waals surface area contributed by atoms with Crippen LogP contribution in [0.1, 0.15) is 17.9 Å². The Kier molecular flexibility index (Phi) is 2.91. The van der Waals surface area contributed by atoms with E-state index in [0.29, 0.717) is 0 Å². The quantitative estimate of drug-likeness (QED) is 0.344. The maximum absolute atomic E-state index is 7.03. The maximum atomic E-state index is 7.03. The molecule has 7 nitrogen and oxygen atoms in total. The van der Waals surface area contributed by atoms with Crippen molar-refractivity contribution < 1.29 is 55.2 Å². The summed E-state index contributed by atoms with van der Waals surface area (Å²) in [5.41, 5.74) is 20.0. The van der Waals surface area contributed by atoms with Crippen molar-refractivity contribution in [3.8, 4) is 0 Å². The van der Waals surface area contributed by atoms with Gasteiger partial charge in [-0.2, -0.15) is 0 Å². The molecule has 0 bridgehead atoms.